The van der Waals surface area contributed by atoms with Crippen molar-refractivity contribution in [3.8, 4) is 0 Å². The number of non-ortho nitro benzene ring substituents is 1. The molecule has 8 heteroatoms. The third kappa shape index (κ3) is 2.61. The smallest absolute Gasteiger partial charge is 0.338 e. The molecule has 1 aromatic carbocycles. The fourth-order valence-corrected chi connectivity index (χ4v) is 1.46. The molecule has 0 aliphatic rings. The van der Waals surface area contributed by atoms with E-state index in [4.69, 9.17) is 0 Å². The van der Waals surface area contributed by atoms with Crippen LogP contribution in [0, 0.1) is 10.1 Å². The Morgan fingerprint density at radius 3 is 2.50 bits per heavy atom. The maximum absolute atomic E-state index is 11.1. The monoisotopic (exact) mass is 244 g/mol. The van der Waals surface area contributed by atoms with E-state index in [2.05, 4.69) is 4.74 Å². The van der Waals surface area contributed by atoms with Gasteiger partial charge in [-0.15, -0.1) is 0 Å². The molecule has 0 saturated carbocycles. The first-order chi connectivity index (χ1) is 7.45. The van der Waals surface area contributed by atoms with Crippen molar-refractivity contribution in [1.82, 2.24) is 0 Å². The minimum atomic E-state index is -2.65. The van der Waals surface area contributed by atoms with E-state index in [1.165, 1.54) is 0 Å². The average Bonchev–Trinajstić information content (AvgIpc) is 2.27. The number of nitro benzene ring substituents is 1. The molecule has 1 aromatic rings. The molecule has 1 rings (SSSR count). The minimum Gasteiger partial charge on any atom is -0.768 e. The lowest BCUT2D eigenvalue weighted by atomic mass is 10.2. The second-order valence-electron chi connectivity index (χ2n) is 2.70. The summed E-state index contributed by atoms with van der Waals surface area (Å²) in [6.45, 7) is 0. The second-order valence-corrected chi connectivity index (χ2v) is 3.64. The third-order valence-corrected chi connectivity index (χ3v) is 2.34. The largest absolute Gasteiger partial charge is 0.768 e. The summed E-state index contributed by atoms with van der Waals surface area (Å²) in [5.74, 6) is -0.838. The standard InChI is InChI=1S/C8H7NO6S/c1-15-8(10)5-2-6(9(11)12)4-7(3-5)16(13)14/h2-4H,1H3,(H,13,14)/p-1. The van der Waals surface area contributed by atoms with Gasteiger partial charge in [-0.05, 0) is 17.1 Å². The lowest BCUT2D eigenvalue weighted by Gasteiger charge is -2.06. The number of hydrogen-bond acceptors (Lipinski definition) is 6. The molecule has 0 bridgehead atoms. The van der Waals surface area contributed by atoms with Gasteiger partial charge in [0.2, 0.25) is 0 Å². The van der Waals surface area contributed by atoms with Gasteiger partial charge in [0.25, 0.3) is 5.69 Å². The molecule has 86 valence electrons. The van der Waals surface area contributed by atoms with Gasteiger partial charge in [-0.2, -0.15) is 0 Å². The molecule has 0 spiro atoms. The highest BCUT2D eigenvalue weighted by Crippen LogP contribution is 2.19. The summed E-state index contributed by atoms with van der Waals surface area (Å²) in [5, 5.41) is 10.5. The van der Waals surface area contributed by atoms with Crippen molar-refractivity contribution in [2.45, 2.75) is 4.90 Å². The molecule has 0 saturated heterocycles. The summed E-state index contributed by atoms with van der Waals surface area (Å²) >= 11 is -2.65. The molecule has 0 aliphatic carbocycles. The Balaban J connectivity index is 3.35. The van der Waals surface area contributed by atoms with Crippen LogP contribution in [-0.2, 0) is 15.8 Å². The Labute approximate surface area is 92.5 Å². The van der Waals surface area contributed by atoms with Gasteiger partial charge in [0.1, 0.15) is 0 Å². The van der Waals surface area contributed by atoms with Gasteiger partial charge in [0.05, 0.1) is 17.6 Å². The first-order valence-electron chi connectivity index (χ1n) is 3.92. The number of hydrogen-bond donors (Lipinski definition) is 0. The van der Waals surface area contributed by atoms with E-state index in [-0.39, 0.29) is 10.5 Å². The van der Waals surface area contributed by atoms with Crippen LogP contribution in [-0.4, -0.2) is 26.8 Å². The molecule has 0 fully saturated rings. The molecular weight excluding hydrogens is 238 g/mol. The predicted octanol–water partition coefficient (Wildman–Crippen LogP) is 0.619. The van der Waals surface area contributed by atoms with Crippen LogP contribution in [0.15, 0.2) is 23.1 Å². The average molecular weight is 244 g/mol. The summed E-state index contributed by atoms with van der Waals surface area (Å²) in [7, 11) is 1.09. The third-order valence-electron chi connectivity index (χ3n) is 1.72. The molecular formula is C8H6NO6S-. The number of carbonyl (C=O) groups excluding carboxylic acids is 1. The van der Waals surface area contributed by atoms with Crippen LogP contribution in [0.4, 0.5) is 5.69 Å². The van der Waals surface area contributed by atoms with Crippen molar-refractivity contribution in [3.05, 3.63) is 33.9 Å². The van der Waals surface area contributed by atoms with E-state index >= 15 is 0 Å². The first-order valence-corrected chi connectivity index (χ1v) is 5.00. The number of nitrogens with zero attached hydrogens (tertiary/aromatic N) is 1. The van der Waals surface area contributed by atoms with Crippen LogP contribution < -0.4 is 0 Å². The van der Waals surface area contributed by atoms with E-state index in [0.29, 0.717) is 0 Å². The normalized spacial score (nSPS) is 11.9. The van der Waals surface area contributed by atoms with Crippen molar-refractivity contribution in [3.63, 3.8) is 0 Å². The molecule has 0 N–H and O–H groups in total. The molecule has 0 aromatic heterocycles. The van der Waals surface area contributed by atoms with Crippen LogP contribution in [0.5, 0.6) is 0 Å². The molecule has 0 aliphatic heterocycles. The molecule has 1 atom stereocenters. The van der Waals surface area contributed by atoms with E-state index < -0.39 is 27.7 Å². The van der Waals surface area contributed by atoms with Crippen LogP contribution in [0.1, 0.15) is 10.4 Å². The number of ether oxygens (including phenoxy) is 1. The zero-order valence-corrected chi connectivity index (χ0v) is 8.85. The van der Waals surface area contributed by atoms with E-state index in [9.17, 15) is 23.7 Å². The van der Waals surface area contributed by atoms with Crippen LogP contribution in [0.3, 0.4) is 0 Å². The van der Waals surface area contributed by atoms with Crippen molar-refractivity contribution < 1.29 is 23.2 Å². The predicted molar refractivity (Wildman–Crippen MR) is 51.6 cm³/mol. The zero-order chi connectivity index (χ0) is 12.3. The highest BCUT2D eigenvalue weighted by Gasteiger charge is 2.14. The molecule has 7 nitrogen and oxygen atoms in total. The fourth-order valence-electron chi connectivity index (χ4n) is 1.02. The summed E-state index contributed by atoms with van der Waals surface area (Å²) in [6, 6.07) is 2.81. The van der Waals surface area contributed by atoms with Gasteiger partial charge in [-0.25, -0.2) is 4.79 Å². The van der Waals surface area contributed by atoms with E-state index in [1.807, 2.05) is 0 Å². The van der Waals surface area contributed by atoms with Gasteiger partial charge in [-0.1, -0.05) is 0 Å². The number of methoxy groups -OCH3 is 1. The maximum atomic E-state index is 11.1. The Bertz CT molecular complexity index is 439. The molecule has 0 radical (unpaired) electrons. The highest BCUT2D eigenvalue weighted by atomic mass is 32.2. The summed E-state index contributed by atoms with van der Waals surface area (Å²) in [4.78, 5) is 20.5. The van der Waals surface area contributed by atoms with Crippen molar-refractivity contribution in [2.75, 3.05) is 7.11 Å². The van der Waals surface area contributed by atoms with Crippen molar-refractivity contribution in [2.24, 2.45) is 0 Å². The van der Waals surface area contributed by atoms with Crippen LogP contribution in [0.25, 0.3) is 0 Å². The van der Waals surface area contributed by atoms with Gasteiger partial charge < -0.3 is 9.29 Å². The number of carbonyl (C=O) groups is 1. The lowest BCUT2D eigenvalue weighted by Crippen LogP contribution is -2.04. The van der Waals surface area contributed by atoms with E-state index in [0.717, 1.165) is 25.3 Å². The van der Waals surface area contributed by atoms with Crippen molar-refractivity contribution >= 4 is 22.7 Å². The zero-order valence-electron chi connectivity index (χ0n) is 8.04. The molecule has 0 amide bonds. The fraction of sp³-hybridized carbons (Fsp3) is 0.125. The first kappa shape index (κ1) is 12.3. The summed E-state index contributed by atoms with van der Waals surface area (Å²) in [6.07, 6.45) is 0. The van der Waals surface area contributed by atoms with Crippen LogP contribution >= 0.6 is 0 Å². The number of esters is 1. The van der Waals surface area contributed by atoms with Gasteiger partial charge >= 0.3 is 5.97 Å². The molecule has 1 unspecified atom stereocenters. The quantitative estimate of drug-likeness (QED) is 0.333. The Morgan fingerprint density at radius 2 is 2.06 bits per heavy atom. The highest BCUT2D eigenvalue weighted by molar-refractivity contribution is 7.79. The van der Waals surface area contributed by atoms with Crippen LogP contribution in [0.2, 0.25) is 0 Å². The SMILES string of the molecule is COC(=O)c1cc([N+](=O)[O-])cc(S(=O)[O-])c1. The summed E-state index contributed by atoms with van der Waals surface area (Å²) in [5.41, 5.74) is -0.669. The lowest BCUT2D eigenvalue weighted by molar-refractivity contribution is -0.385. The summed E-state index contributed by atoms with van der Waals surface area (Å²) < 4.78 is 25.7. The number of rotatable bonds is 3. The topological polar surface area (TPSA) is 110 Å². The second kappa shape index (κ2) is 4.81. The van der Waals surface area contributed by atoms with Gasteiger partial charge in [-0.3, -0.25) is 14.3 Å². The Morgan fingerprint density at radius 1 is 1.44 bits per heavy atom. The minimum absolute atomic E-state index is 0.184. The van der Waals surface area contributed by atoms with Crippen molar-refractivity contribution in [1.29, 1.82) is 0 Å². The van der Waals surface area contributed by atoms with Gasteiger partial charge in [0.15, 0.2) is 0 Å². The van der Waals surface area contributed by atoms with Gasteiger partial charge in [0, 0.05) is 17.0 Å². The number of benzene rings is 1. The van der Waals surface area contributed by atoms with E-state index in [1.54, 1.807) is 0 Å². The Hall–Kier alpha value is -1.80. The number of nitro groups is 1. The Kier molecular flexibility index (Phi) is 3.69. The molecule has 16 heavy (non-hydrogen) atoms. The molecule has 0 heterocycles. The maximum Gasteiger partial charge on any atom is 0.338 e.